The maximum Gasteiger partial charge on any atom is 0.344 e. The minimum Gasteiger partial charge on any atom is -0.466 e. The molecule has 25 heavy (non-hydrogen) atoms. The molecule has 0 aliphatic carbocycles. The van der Waals surface area contributed by atoms with Gasteiger partial charge in [0.05, 0.1) is 26.7 Å². The molecule has 0 radical (unpaired) electrons. The number of rotatable bonds is 17. The lowest BCUT2D eigenvalue weighted by atomic mass is 10.3. The second-order valence-corrected chi connectivity index (χ2v) is 4.87. The number of ether oxygens (including phenoxy) is 6. The average Bonchev–Trinajstić information content (AvgIpc) is 2.62. The molecule has 0 aromatic carbocycles. The molecule has 0 heterocycles. The monoisotopic (exact) mass is 365 g/mol. The third-order valence-corrected chi connectivity index (χ3v) is 3.06. The van der Waals surface area contributed by atoms with Crippen molar-refractivity contribution in [3.8, 4) is 0 Å². The van der Waals surface area contributed by atoms with Crippen molar-refractivity contribution in [2.24, 2.45) is 0 Å². The zero-order chi connectivity index (χ0) is 18.8. The molecular weight excluding hydrogens is 334 g/mol. The standard InChI is InChI=1S/C16H31NO8/c1-4-21-13-23-10-8-17(9-11-24-14-22-5-2)7-6-15(18)25-12-16(19)20-3/h4-14H2,1-3H3. The lowest BCUT2D eigenvalue weighted by molar-refractivity contribution is -0.157. The van der Waals surface area contributed by atoms with Crippen molar-refractivity contribution in [3.63, 3.8) is 0 Å². The third-order valence-electron chi connectivity index (χ3n) is 3.06. The highest BCUT2D eigenvalue weighted by Crippen LogP contribution is 1.96. The molecule has 0 saturated heterocycles. The fraction of sp³-hybridized carbons (Fsp3) is 0.875. The van der Waals surface area contributed by atoms with Gasteiger partial charge in [-0.05, 0) is 13.8 Å². The maximum atomic E-state index is 11.6. The Morgan fingerprint density at radius 2 is 1.36 bits per heavy atom. The van der Waals surface area contributed by atoms with E-state index >= 15 is 0 Å². The molecule has 9 heteroatoms. The van der Waals surface area contributed by atoms with Gasteiger partial charge in [-0.15, -0.1) is 0 Å². The average molecular weight is 365 g/mol. The smallest absolute Gasteiger partial charge is 0.344 e. The number of esters is 2. The van der Waals surface area contributed by atoms with E-state index in [-0.39, 0.29) is 26.6 Å². The van der Waals surface area contributed by atoms with Crippen LogP contribution in [0.2, 0.25) is 0 Å². The summed E-state index contributed by atoms with van der Waals surface area (Å²) < 4.78 is 30.1. The Hall–Kier alpha value is -1.26. The van der Waals surface area contributed by atoms with Gasteiger partial charge in [0.2, 0.25) is 0 Å². The summed E-state index contributed by atoms with van der Waals surface area (Å²) >= 11 is 0. The quantitative estimate of drug-likeness (QED) is 0.206. The van der Waals surface area contributed by atoms with Gasteiger partial charge in [0.1, 0.15) is 13.6 Å². The minimum absolute atomic E-state index is 0.161. The van der Waals surface area contributed by atoms with Crippen LogP contribution in [0.5, 0.6) is 0 Å². The predicted octanol–water partition coefficient (Wildman–Crippen LogP) is 0.416. The Kier molecular flexibility index (Phi) is 16.7. The van der Waals surface area contributed by atoms with E-state index in [0.717, 1.165) is 0 Å². The van der Waals surface area contributed by atoms with Crippen molar-refractivity contribution >= 4 is 11.9 Å². The molecule has 0 aliphatic rings. The molecule has 0 atom stereocenters. The van der Waals surface area contributed by atoms with Crippen molar-refractivity contribution in [3.05, 3.63) is 0 Å². The van der Waals surface area contributed by atoms with Crippen LogP contribution in [0, 0.1) is 0 Å². The molecule has 0 aromatic rings. The first-order chi connectivity index (χ1) is 12.1. The molecule has 0 spiro atoms. The molecule has 148 valence electrons. The van der Waals surface area contributed by atoms with Crippen molar-refractivity contribution in [1.29, 1.82) is 0 Å². The Morgan fingerprint density at radius 3 is 1.84 bits per heavy atom. The number of nitrogens with zero attached hydrogens (tertiary/aromatic N) is 1. The number of hydrogen-bond acceptors (Lipinski definition) is 9. The Labute approximate surface area is 149 Å². The van der Waals surface area contributed by atoms with Gasteiger partial charge in [-0.2, -0.15) is 0 Å². The van der Waals surface area contributed by atoms with Gasteiger partial charge in [-0.1, -0.05) is 0 Å². The molecular formula is C16H31NO8. The summed E-state index contributed by atoms with van der Waals surface area (Å²) in [6, 6.07) is 0. The van der Waals surface area contributed by atoms with Crippen LogP contribution in [0.25, 0.3) is 0 Å². The van der Waals surface area contributed by atoms with Gasteiger partial charge in [-0.3, -0.25) is 9.69 Å². The van der Waals surface area contributed by atoms with E-state index in [9.17, 15) is 9.59 Å². The van der Waals surface area contributed by atoms with Crippen LogP contribution in [0.3, 0.4) is 0 Å². The first-order valence-electron chi connectivity index (χ1n) is 8.39. The van der Waals surface area contributed by atoms with Crippen molar-refractivity contribution in [2.75, 3.05) is 73.4 Å². The molecule has 0 aliphatic heterocycles. The van der Waals surface area contributed by atoms with E-state index in [1.165, 1.54) is 7.11 Å². The zero-order valence-corrected chi connectivity index (χ0v) is 15.5. The van der Waals surface area contributed by atoms with Crippen molar-refractivity contribution in [1.82, 2.24) is 4.90 Å². The lowest BCUT2D eigenvalue weighted by Gasteiger charge is -2.21. The van der Waals surface area contributed by atoms with Crippen LogP contribution in [0.15, 0.2) is 0 Å². The molecule has 0 unspecified atom stereocenters. The molecule has 0 rings (SSSR count). The maximum absolute atomic E-state index is 11.6. The summed E-state index contributed by atoms with van der Waals surface area (Å²) in [5, 5.41) is 0. The zero-order valence-electron chi connectivity index (χ0n) is 15.5. The van der Waals surface area contributed by atoms with Crippen LogP contribution >= 0.6 is 0 Å². The van der Waals surface area contributed by atoms with E-state index in [0.29, 0.717) is 46.1 Å². The van der Waals surface area contributed by atoms with Gasteiger partial charge in [-0.25, -0.2) is 4.79 Å². The second-order valence-electron chi connectivity index (χ2n) is 4.87. The first-order valence-corrected chi connectivity index (χ1v) is 8.39. The Morgan fingerprint density at radius 1 is 0.800 bits per heavy atom. The SMILES string of the molecule is CCOCOCCN(CCOCOCC)CCC(=O)OCC(=O)OC. The first kappa shape index (κ1) is 23.7. The molecule has 9 nitrogen and oxygen atoms in total. The van der Waals surface area contributed by atoms with Crippen LogP contribution in [0.1, 0.15) is 20.3 Å². The number of methoxy groups -OCH3 is 1. The molecule has 0 aromatic heterocycles. The van der Waals surface area contributed by atoms with Crippen molar-refractivity contribution < 1.29 is 38.0 Å². The summed E-state index contributed by atoms with van der Waals surface area (Å²) in [6.45, 7) is 7.76. The Bertz CT molecular complexity index is 326. The molecule has 0 bridgehead atoms. The summed E-state index contributed by atoms with van der Waals surface area (Å²) in [5.41, 5.74) is 0. The number of carbonyl (C=O) groups is 2. The van der Waals surface area contributed by atoms with Gasteiger partial charge < -0.3 is 28.4 Å². The van der Waals surface area contributed by atoms with Crippen LogP contribution < -0.4 is 0 Å². The van der Waals surface area contributed by atoms with Gasteiger partial charge in [0.15, 0.2) is 6.61 Å². The molecule has 0 saturated carbocycles. The van der Waals surface area contributed by atoms with E-state index < -0.39 is 11.9 Å². The molecule has 0 amide bonds. The van der Waals surface area contributed by atoms with Crippen LogP contribution in [-0.4, -0.2) is 90.2 Å². The second kappa shape index (κ2) is 17.6. The summed E-state index contributed by atoms with van der Waals surface area (Å²) in [5.74, 6) is -1.04. The lowest BCUT2D eigenvalue weighted by Crippen LogP contribution is -2.33. The number of carbonyl (C=O) groups excluding carboxylic acids is 2. The fourth-order valence-electron chi connectivity index (χ4n) is 1.64. The largest absolute Gasteiger partial charge is 0.466 e. The van der Waals surface area contributed by atoms with Gasteiger partial charge in [0, 0.05) is 32.8 Å². The van der Waals surface area contributed by atoms with Gasteiger partial charge >= 0.3 is 11.9 Å². The van der Waals surface area contributed by atoms with E-state index in [2.05, 4.69) is 4.74 Å². The number of hydrogen-bond donors (Lipinski definition) is 0. The third kappa shape index (κ3) is 16.0. The van der Waals surface area contributed by atoms with Crippen LogP contribution in [-0.2, 0) is 38.0 Å². The normalized spacial score (nSPS) is 10.9. The minimum atomic E-state index is -0.584. The van der Waals surface area contributed by atoms with Crippen molar-refractivity contribution in [2.45, 2.75) is 20.3 Å². The Balaban J connectivity index is 4.04. The van der Waals surface area contributed by atoms with E-state index in [1.807, 2.05) is 18.7 Å². The predicted molar refractivity (Wildman–Crippen MR) is 88.9 cm³/mol. The van der Waals surface area contributed by atoms with E-state index in [1.54, 1.807) is 0 Å². The highest BCUT2D eigenvalue weighted by atomic mass is 16.7. The summed E-state index contributed by atoms with van der Waals surface area (Å²) in [7, 11) is 1.24. The van der Waals surface area contributed by atoms with E-state index in [4.69, 9.17) is 23.7 Å². The topological polar surface area (TPSA) is 92.8 Å². The fourth-order valence-corrected chi connectivity index (χ4v) is 1.64. The summed E-state index contributed by atoms with van der Waals surface area (Å²) in [6.07, 6.45) is 0.161. The molecule has 0 fully saturated rings. The highest BCUT2D eigenvalue weighted by Gasteiger charge is 2.11. The molecule has 0 N–H and O–H groups in total. The summed E-state index contributed by atoms with van der Waals surface area (Å²) in [4.78, 5) is 24.6. The van der Waals surface area contributed by atoms with Gasteiger partial charge in [0.25, 0.3) is 0 Å². The highest BCUT2D eigenvalue weighted by molar-refractivity contribution is 5.76. The van der Waals surface area contributed by atoms with Crippen LogP contribution in [0.4, 0.5) is 0 Å².